The molecule has 1 aromatic carbocycles. The summed E-state index contributed by atoms with van der Waals surface area (Å²) in [5.74, 6) is 0. The van der Waals surface area contributed by atoms with E-state index in [1.807, 2.05) is 38.1 Å². The van der Waals surface area contributed by atoms with Crippen LogP contribution in [0.2, 0.25) is 0 Å². The molecule has 104 valence electrons. The molecular formula is C14H21N3O2. The Kier molecular flexibility index (Phi) is 3.95. The molecule has 1 aromatic rings. The van der Waals surface area contributed by atoms with Crippen molar-refractivity contribution in [2.24, 2.45) is 0 Å². The number of nitrogens with zero attached hydrogens (tertiary/aromatic N) is 2. The zero-order valence-corrected chi connectivity index (χ0v) is 11.4. The van der Waals surface area contributed by atoms with Gasteiger partial charge in [0.15, 0.2) is 0 Å². The summed E-state index contributed by atoms with van der Waals surface area (Å²) < 4.78 is 0. The molecule has 3 N–H and O–H groups in total. The van der Waals surface area contributed by atoms with Crippen LogP contribution >= 0.6 is 0 Å². The number of anilines is 1. The number of hydrogen-bond donors (Lipinski definition) is 2. The molecule has 1 aliphatic rings. The Bertz CT molecular complexity index is 435. The van der Waals surface area contributed by atoms with Crippen molar-refractivity contribution >= 4 is 11.8 Å². The van der Waals surface area contributed by atoms with Gasteiger partial charge >= 0.3 is 6.09 Å². The Labute approximate surface area is 113 Å². The van der Waals surface area contributed by atoms with Crippen LogP contribution in [0.1, 0.15) is 19.4 Å². The van der Waals surface area contributed by atoms with Crippen molar-refractivity contribution in [2.75, 3.05) is 18.8 Å². The summed E-state index contributed by atoms with van der Waals surface area (Å²) in [5.41, 5.74) is 7.64. The number of hydrogen-bond acceptors (Lipinski definition) is 3. The standard InChI is InChI=1S/C14H21N3O2/c1-10-7-16(8-11(2)17(10)14(18)19)9-12-3-5-13(15)6-4-12/h3-6,10-11H,7-9,15H2,1-2H3,(H,18,19)/t10-,11+. The van der Waals surface area contributed by atoms with Crippen molar-refractivity contribution in [1.29, 1.82) is 0 Å². The molecule has 0 radical (unpaired) electrons. The van der Waals surface area contributed by atoms with Crippen LogP contribution in [0.4, 0.5) is 10.5 Å². The van der Waals surface area contributed by atoms with E-state index in [1.54, 1.807) is 4.90 Å². The highest BCUT2D eigenvalue weighted by Crippen LogP contribution is 2.18. The molecule has 19 heavy (non-hydrogen) atoms. The second-order valence-corrected chi connectivity index (χ2v) is 5.32. The first-order chi connectivity index (χ1) is 8.97. The van der Waals surface area contributed by atoms with Gasteiger partial charge in [-0.25, -0.2) is 4.79 Å². The van der Waals surface area contributed by atoms with Gasteiger partial charge in [0, 0.05) is 37.4 Å². The number of nitrogen functional groups attached to an aromatic ring is 1. The fourth-order valence-electron chi connectivity index (χ4n) is 2.82. The smallest absolute Gasteiger partial charge is 0.407 e. The van der Waals surface area contributed by atoms with Crippen molar-refractivity contribution < 1.29 is 9.90 Å². The van der Waals surface area contributed by atoms with E-state index in [9.17, 15) is 9.90 Å². The van der Waals surface area contributed by atoms with Crippen molar-refractivity contribution in [3.8, 4) is 0 Å². The Morgan fingerprint density at radius 2 is 1.79 bits per heavy atom. The molecule has 0 spiro atoms. The average Bonchev–Trinajstić information content (AvgIpc) is 2.30. The fourth-order valence-corrected chi connectivity index (χ4v) is 2.82. The Morgan fingerprint density at radius 3 is 2.26 bits per heavy atom. The maximum atomic E-state index is 11.2. The molecule has 0 saturated carbocycles. The minimum absolute atomic E-state index is 0.0232. The summed E-state index contributed by atoms with van der Waals surface area (Å²) in [6.45, 7) is 6.28. The lowest BCUT2D eigenvalue weighted by Gasteiger charge is -2.42. The van der Waals surface area contributed by atoms with Crippen LogP contribution in [0.5, 0.6) is 0 Å². The lowest BCUT2D eigenvalue weighted by molar-refractivity contribution is 0.0381. The van der Waals surface area contributed by atoms with E-state index >= 15 is 0 Å². The van der Waals surface area contributed by atoms with E-state index < -0.39 is 6.09 Å². The minimum atomic E-state index is -0.827. The molecule has 2 rings (SSSR count). The Morgan fingerprint density at radius 1 is 1.26 bits per heavy atom. The number of rotatable bonds is 2. The summed E-state index contributed by atoms with van der Waals surface area (Å²) in [6.07, 6.45) is -0.827. The number of amides is 1. The monoisotopic (exact) mass is 263 g/mol. The number of nitrogens with two attached hydrogens (primary N) is 1. The van der Waals surface area contributed by atoms with Crippen LogP contribution in [0.3, 0.4) is 0 Å². The van der Waals surface area contributed by atoms with Crippen molar-refractivity contribution in [2.45, 2.75) is 32.5 Å². The highest BCUT2D eigenvalue weighted by molar-refractivity contribution is 5.66. The third-order valence-electron chi connectivity index (χ3n) is 3.60. The Hall–Kier alpha value is -1.75. The number of benzene rings is 1. The SMILES string of the molecule is C[C@@H]1CN(Cc2ccc(N)cc2)C[C@H](C)N1C(=O)O. The zero-order valence-electron chi connectivity index (χ0n) is 11.4. The molecule has 1 heterocycles. The van der Waals surface area contributed by atoms with Crippen molar-refractivity contribution in [3.63, 3.8) is 0 Å². The van der Waals surface area contributed by atoms with E-state index in [0.29, 0.717) is 0 Å². The highest BCUT2D eigenvalue weighted by atomic mass is 16.4. The van der Waals surface area contributed by atoms with Crippen LogP contribution in [0, 0.1) is 0 Å². The van der Waals surface area contributed by atoms with Gasteiger partial charge in [0.2, 0.25) is 0 Å². The third kappa shape index (κ3) is 3.17. The van der Waals surface area contributed by atoms with Gasteiger partial charge in [0.05, 0.1) is 0 Å². The maximum absolute atomic E-state index is 11.2. The summed E-state index contributed by atoms with van der Waals surface area (Å²) in [6, 6.07) is 7.89. The van der Waals surface area contributed by atoms with Crippen LogP contribution in [0.15, 0.2) is 24.3 Å². The molecule has 0 unspecified atom stereocenters. The van der Waals surface area contributed by atoms with Crippen LogP contribution in [0.25, 0.3) is 0 Å². The second kappa shape index (κ2) is 5.48. The van der Waals surface area contributed by atoms with Crippen LogP contribution in [-0.2, 0) is 6.54 Å². The largest absolute Gasteiger partial charge is 0.465 e. The molecular weight excluding hydrogens is 242 g/mol. The zero-order chi connectivity index (χ0) is 14.0. The average molecular weight is 263 g/mol. The number of carbonyl (C=O) groups is 1. The molecule has 1 fully saturated rings. The normalized spacial score (nSPS) is 24.4. The summed E-state index contributed by atoms with van der Waals surface area (Å²) in [5, 5.41) is 9.18. The van der Waals surface area contributed by atoms with E-state index in [4.69, 9.17) is 5.73 Å². The van der Waals surface area contributed by atoms with Gasteiger partial charge in [0.25, 0.3) is 0 Å². The van der Waals surface area contributed by atoms with Crippen LogP contribution in [-0.4, -0.2) is 46.2 Å². The first-order valence-electron chi connectivity index (χ1n) is 6.55. The molecule has 5 nitrogen and oxygen atoms in total. The van der Waals surface area contributed by atoms with Crippen LogP contribution < -0.4 is 5.73 Å². The molecule has 1 saturated heterocycles. The Balaban J connectivity index is 2.00. The van der Waals surface area contributed by atoms with Gasteiger partial charge in [-0.05, 0) is 31.5 Å². The quantitative estimate of drug-likeness (QED) is 0.799. The number of carboxylic acid groups (broad SMARTS) is 1. The van der Waals surface area contributed by atoms with Gasteiger partial charge in [-0.2, -0.15) is 0 Å². The second-order valence-electron chi connectivity index (χ2n) is 5.32. The fraction of sp³-hybridized carbons (Fsp3) is 0.500. The summed E-state index contributed by atoms with van der Waals surface area (Å²) >= 11 is 0. The van der Waals surface area contributed by atoms with Gasteiger partial charge < -0.3 is 15.7 Å². The molecule has 1 aliphatic heterocycles. The molecule has 0 aromatic heterocycles. The molecule has 0 aliphatic carbocycles. The molecule has 5 heteroatoms. The molecule has 2 atom stereocenters. The minimum Gasteiger partial charge on any atom is -0.465 e. The lowest BCUT2D eigenvalue weighted by Crippen LogP contribution is -2.57. The van der Waals surface area contributed by atoms with E-state index in [1.165, 1.54) is 5.56 Å². The highest BCUT2D eigenvalue weighted by Gasteiger charge is 2.32. The van der Waals surface area contributed by atoms with E-state index in [0.717, 1.165) is 25.3 Å². The lowest BCUT2D eigenvalue weighted by atomic mass is 10.1. The van der Waals surface area contributed by atoms with Gasteiger partial charge in [-0.1, -0.05) is 12.1 Å². The first kappa shape index (κ1) is 13.7. The summed E-state index contributed by atoms with van der Waals surface area (Å²) in [4.78, 5) is 15.0. The number of piperazine rings is 1. The molecule has 0 bridgehead atoms. The van der Waals surface area contributed by atoms with Gasteiger partial charge in [-0.3, -0.25) is 4.90 Å². The topological polar surface area (TPSA) is 69.8 Å². The maximum Gasteiger partial charge on any atom is 0.407 e. The summed E-state index contributed by atoms with van der Waals surface area (Å²) in [7, 11) is 0. The van der Waals surface area contributed by atoms with E-state index in [2.05, 4.69) is 4.90 Å². The van der Waals surface area contributed by atoms with E-state index in [-0.39, 0.29) is 12.1 Å². The third-order valence-corrected chi connectivity index (χ3v) is 3.60. The predicted octanol–water partition coefficient (Wildman–Crippen LogP) is 1.84. The van der Waals surface area contributed by atoms with Crippen molar-refractivity contribution in [3.05, 3.63) is 29.8 Å². The molecule has 1 amide bonds. The first-order valence-corrected chi connectivity index (χ1v) is 6.55. The van der Waals surface area contributed by atoms with Crippen molar-refractivity contribution in [1.82, 2.24) is 9.80 Å². The van der Waals surface area contributed by atoms with Gasteiger partial charge in [-0.15, -0.1) is 0 Å². The van der Waals surface area contributed by atoms with Gasteiger partial charge in [0.1, 0.15) is 0 Å². The predicted molar refractivity (Wildman–Crippen MR) is 74.9 cm³/mol.